The van der Waals surface area contributed by atoms with Crippen molar-refractivity contribution in [2.24, 2.45) is 0 Å². The first-order chi connectivity index (χ1) is 10.3. The molecular weight excluding hydrogens is 276 g/mol. The molecule has 1 aromatic heterocycles. The zero-order chi connectivity index (χ0) is 16.3. The van der Waals surface area contributed by atoms with Crippen LogP contribution in [0.25, 0.3) is 0 Å². The molecule has 1 saturated heterocycles. The summed E-state index contributed by atoms with van der Waals surface area (Å²) >= 11 is 0. The maximum atomic E-state index is 11.3. The van der Waals surface area contributed by atoms with Crippen LogP contribution in [0.2, 0.25) is 0 Å². The van der Waals surface area contributed by atoms with Crippen molar-refractivity contribution >= 4 is 5.91 Å². The monoisotopic (exact) mass is 300 g/mol. The molecule has 0 saturated carbocycles. The van der Waals surface area contributed by atoms with E-state index in [1.165, 1.54) is 0 Å². The van der Waals surface area contributed by atoms with Crippen LogP contribution in [-0.4, -0.2) is 46.9 Å². The molecule has 1 aliphatic heterocycles. The molecule has 1 fully saturated rings. The second-order valence-corrected chi connectivity index (χ2v) is 6.88. The lowest BCUT2D eigenvalue weighted by atomic mass is 9.88. The van der Waals surface area contributed by atoms with Crippen molar-refractivity contribution < 1.29 is 4.79 Å². The number of hydrogen-bond donors (Lipinski definition) is 0. The summed E-state index contributed by atoms with van der Waals surface area (Å²) in [5, 5.41) is 9.36. The average molecular weight is 300 g/mol. The highest BCUT2D eigenvalue weighted by Crippen LogP contribution is 2.24. The van der Waals surface area contributed by atoms with Gasteiger partial charge in [0.15, 0.2) is 0 Å². The van der Waals surface area contributed by atoms with E-state index in [2.05, 4.69) is 36.7 Å². The van der Waals surface area contributed by atoms with Crippen LogP contribution in [0.1, 0.15) is 44.5 Å². The van der Waals surface area contributed by atoms with E-state index >= 15 is 0 Å². The van der Waals surface area contributed by atoms with Gasteiger partial charge in [-0.3, -0.25) is 14.7 Å². The number of nitrogens with zero attached hydrogens (tertiary/aromatic N) is 4. The summed E-state index contributed by atoms with van der Waals surface area (Å²) in [6.07, 6.45) is 1.87. The summed E-state index contributed by atoms with van der Waals surface area (Å²) in [6, 6.07) is 4.22. The number of pyridine rings is 1. The highest BCUT2D eigenvalue weighted by Gasteiger charge is 2.22. The molecule has 0 N–H and O–H groups in total. The highest BCUT2D eigenvalue weighted by molar-refractivity contribution is 5.73. The number of carbonyl (C=O) groups is 1. The maximum absolute atomic E-state index is 11.3. The van der Waals surface area contributed by atoms with Crippen molar-refractivity contribution in [3.8, 4) is 6.07 Å². The fourth-order valence-electron chi connectivity index (χ4n) is 2.76. The quantitative estimate of drug-likeness (QED) is 0.837. The van der Waals surface area contributed by atoms with E-state index in [1.807, 2.05) is 17.2 Å². The summed E-state index contributed by atoms with van der Waals surface area (Å²) in [4.78, 5) is 20.0. The molecule has 0 atom stereocenters. The number of hydrogen-bond acceptors (Lipinski definition) is 4. The molecule has 1 aliphatic rings. The zero-order valence-corrected chi connectivity index (χ0v) is 13.9. The van der Waals surface area contributed by atoms with Gasteiger partial charge in [0.2, 0.25) is 5.91 Å². The van der Waals surface area contributed by atoms with Gasteiger partial charge in [0.05, 0.1) is 11.3 Å². The van der Waals surface area contributed by atoms with Gasteiger partial charge in [-0.25, -0.2) is 0 Å². The molecule has 118 valence electrons. The van der Waals surface area contributed by atoms with Gasteiger partial charge in [0.1, 0.15) is 6.07 Å². The first-order valence-electron chi connectivity index (χ1n) is 7.68. The number of amides is 1. The van der Waals surface area contributed by atoms with E-state index < -0.39 is 0 Å². The van der Waals surface area contributed by atoms with Gasteiger partial charge in [-0.15, -0.1) is 0 Å². The minimum Gasteiger partial charge on any atom is -0.340 e. The van der Waals surface area contributed by atoms with Gasteiger partial charge >= 0.3 is 0 Å². The third-order valence-electron chi connectivity index (χ3n) is 4.00. The van der Waals surface area contributed by atoms with Crippen LogP contribution < -0.4 is 0 Å². The Morgan fingerprint density at radius 2 is 1.95 bits per heavy atom. The van der Waals surface area contributed by atoms with Crippen LogP contribution in [0.3, 0.4) is 0 Å². The van der Waals surface area contributed by atoms with E-state index in [9.17, 15) is 10.1 Å². The van der Waals surface area contributed by atoms with Crippen molar-refractivity contribution in [2.75, 3.05) is 26.2 Å². The van der Waals surface area contributed by atoms with Gasteiger partial charge < -0.3 is 4.90 Å². The van der Waals surface area contributed by atoms with Crippen molar-refractivity contribution in [3.05, 3.63) is 29.1 Å². The first kappa shape index (κ1) is 16.4. The van der Waals surface area contributed by atoms with E-state index in [-0.39, 0.29) is 11.3 Å². The Labute approximate surface area is 132 Å². The molecule has 0 spiro atoms. The minimum atomic E-state index is -0.128. The van der Waals surface area contributed by atoms with Crippen LogP contribution in [0.4, 0.5) is 0 Å². The molecule has 0 radical (unpaired) electrons. The second kappa shape index (κ2) is 6.45. The Balaban J connectivity index is 2.06. The van der Waals surface area contributed by atoms with Gasteiger partial charge in [-0.1, -0.05) is 20.8 Å². The predicted molar refractivity (Wildman–Crippen MR) is 85.2 cm³/mol. The molecular formula is C17H24N4O. The second-order valence-electron chi connectivity index (χ2n) is 6.88. The van der Waals surface area contributed by atoms with Crippen LogP contribution in [0.15, 0.2) is 12.3 Å². The summed E-state index contributed by atoms with van der Waals surface area (Å²) in [5.41, 5.74) is 2.44. The molecule has 0 aromatic carbocycles. The van der Waals surface area contributed by atoms with Crippen molar-refractivity contribution in [3.63, 3.8) is 0 Å². The lowest BCUT2D eigenvalue weighted by molar-refractivity contribution is -0.130. The van der Waals surface area contributed by atoms with E-state index in [1.54, 1.807) is 6.92 Å². The number of carbonyl (C=O) groups excluding carboxylic acids is 1. The average Bonchev–Trinajstić information content (AvgIpc) is 2.46. The third-order valence-corrected chi connectivity index (χ3v) is 4.00. The topological polar surface area (TPSA) is 60.2 Å². The summed E-state index contributed by atoms with van der Waals surface area (Å²) in [5.74, 6) is 0.141. The Morgan fingerprint density at radius 3 is 2.45 bits per heavy atom. The normalized spacial score (nSPS) is 16.4. The minimum absolute atomic E-state index is 0.128. The van der Waals surface area contributed by atoms with Gasteiger partial charge in [-0.05, 0) is 11.6 Å². The molecule has 0 unspecified atom stereocenters. The molecule has 2 heterocycles. The maximum Gasteiger partial charge on any atom is 0.219 e. The SMILES string of the molecule is CC(=O)N1CCN(Cc2cnc(C(C)(C)C)c(C#N)c2)CC1. The van der Waals surface area contributed by atoms with Gasteiger partial charge in [0, 0.05) is 51.3 Å². The number of rotatable bonds is 2. The molecule has 0 bridgehead atoms. The fraction of sp³-hybridized carbons (Fsp3) is 0.588. The Hall–Kier alpha value is -1.93. The molecule has 5 nitrogen and oxygen atoms in total. The van der Waals surface area contributed by atoms with Crippen LogP contribution in [-0.2, 0) is 16.8 Å². The number of piperazine rings is 1. The predicted octanol–water partition coefficient (Wildman–Crippen LogP) is 1.91. The van der Waals surface area contributed by atoms with Crippen LogP contribution in [0, 0.1) is 11.3 Å². The van der Waals surface area contributed by atoms with Crippen molar-refractivity contribution in [2.45, 2.75) is 39.7 Å². The number of aromatic nitrogens is 1. The van der Waals surface area contributed by atoms with Gasteiger partial charge in [-0.2, -0.15) is 5.26 Å². The summed E-state index contributed by atoms with van der Waals surface area (Å²) in [7, 11) is 0. The Bertz CT molecular complexity index is 590. The Kier molecular flexibility index (Phi) is 4.82. The third kappa shape index (κ3) is 3.83. The standard InChI is InChI=1S/C17H24N4O/c1-13(22)21-7-5-20(6-8-21)12-14-9-15(10-18)16(19-11-14)17(2,3)4/h9,11H,5-8,12H2,1-4H3. The van der Waals surface area contributed by atoms with Gasteiger partial charge in [0.25, 0.3) is 0 Å². The molecule has 0 aliphatic carbocycles. The molecule has 22 heavy (non-hydrogen) atoms. The summed E-state index contributed by atoms with van der Waals surface area (Å²) in [6.45, 7) is 11.9. The molecule has 1 amide bonds. The smallest absolute Gasteiger partial charge is 0.219 e. The van der Waals surface area contributed by atoms with Crippen molar-refractivity contribution in [1.82, 2.24) is 14.8 Å². The first-order valence-corrected chi connectivity index (χ1v) is 7.68. The fourth-order valence-corrected chi connectivity index (χ4v) is 2.76. The largest absolute Gasteiger partial charge is 0.340 e. The van der Waals surface area contributed by atoms with E-state index in [0.29, 0.717) is 5.56 Å². The zero-order valence-electron chi connectivity index (χ0n) is 13.9. The summed E-state index contributed by atoms with van der Waals surface area (Å²) < 4.78 is 0. The molecule has 2 rings (SSSR count). The Morgan fingerprint density at radius 1 is 1.32 bits per heavy atom. The molecule has 5 heteroatoms. The van der Waals surface area contributed by atoms with Crippen LogP contribution >= 0.6 is 0 Å². The van der Waals surface area contributed by atoms with E-state index in [4.69, 9.17) is 0 Å². The molecule has 1 aromatic rings. The van der Waals surface area contributed by atoms with E-state index in [0.717, 1.165) is 44.0 Å². The lowest BCUT2D eigenvalue weighted by Gasteiger charge is -2.34. The highest BCUT2D eigenvalue weighted by atomic mass is 16.2. The van der Waals surface area contributed by atoms with Crippen molar-refractivity contribution in [1.29, 1.82) is 5.26 Å². The van der Waals surface area contributed by atoms with Crippen LogP contribution in [0.5, 0.6) is 0 Å². The number of nitriles is 1. The lowest BCUT2D eigenvalue weighted by Crippen LogP contribution is -2.47.